The van der Waals surface area contributed by atoms with Crippen LogP contribution < -0.4 is 16.6 Å². The van der Waals surface area contributed by atoms with Crippen molar-refractivity contribution in [3.63, 3.8) is 0 Å². The van der Waals surface area contributed by atoms with Crippen LogP contribution in [-0.4, -0.2) is 40.4 Å². The van der Waals surface area contributed by atoms with E-state index in [2.05, 4.69) is 21.4 Å². The first-order chi connectivity index (χ1) is 11.9. The zero-order valence-electron chi connectivity index (χ0n) is 14.4. The van der Waals surface area contributed by atoms with Gasteiger partial charge < -0.3 is 10.3 Å². The topological polar surface area (TPSA) is 98.1 Å². The lowest BCUT2D eigenvalue weighted by Crippen LogP contribution is -2.32. The molecule has 25 heavy (non-hydrogen) atoms. The van der Waals surface area contributed by atoms with E-state index in [1.165, 1.54) is 6.07 Å². The highest BCUT2D eigenvalue weighted by molar-refractivity contribution is 5.92. The number of hydrogen-bond donors (Lipinski definition) is 3. The van der Waals surface area contributed by atoms with Crippen molar-refractivity contribution in [2.45, 2.75) is 26.2 Å². The third kappa shape index (κ3) is 4.45. The number of nitrogens with zero attached hydrogens (tertiary/aromatic N) is 1. The maximum Gasteiger partial charge on any atom is 0.325 e. The molecule has 7 nitrogen and oxygen atoms in total. The Morgan fingerprint density at radius 3 is 2.56 bits per heavy atom. The van der Waals surface area contributed by atoms with Crippen LogP contribution in [0.4, 0.5) is 5.69 Å². The number of nitrogens with one attached hydrogen (secondary N) is 3. The minimum Gasteiger partial charge on any atom is -0.325 e. The number of carbonyl (C=O) groups excluding carboxylic acids is 1. The van der Waals surface area contributed by atoms with Gasteiger partial charge in [-0.15, -0.1) is 0 Å². The summed E-state index contributed by atoms with van der Waals surface area (Å²) in [7, 11) is 0. The fourth-order valence-corrected chi connectivity index (χ4v) is 3.39. The van der Waals surface area contributed by atoms with Gasteiger partial charge in [-0.05, 0) is 50.1 Å². The van der Waals surface area contributed by atoms with Crippen molar-refractivity contribution in [3.8, 4) is 0 Å². The summed E-state index contributed by atoms with van der Waals surface area (Å²) < 4.78 is 0. The van der Waals surface area contributed by atoms with E-state index in [0.29, 0.717) is 12.2 Å². The molecule has 3 N–H and O–H groups in total. The highest BCUT2D eigenvalue weighted by Crippen LogP contribution is 2.24. The molecule has 1 aromatic heterocycles. The molecule has 1 atom stereocenters. The number of benzene rings is 1. The van der Waals surface area contributed by atoms with Crippen molar-refractivity contribution < 1.29 is 4.79 Å². The molecule has 0 bridgehead atoms. The molecular formula is C18H22N4O3. The molecule has 1 amide bonds. The SMILES string of the molecule is Cc1cc(C)cc(NC(=O)CN2CCC(c3cc(=O)[nH]c(=O)[nH]3)C2)c1. The highest BCUT2D eigenvalue weighted by Gasteiger charge is 2.26. The van der Waals surface area contributed by atoms with Crippen LogP contribution in [0.2, 0.25) is 0 Å². The molecular weight excluding hydrogens is 320 g/mol. The Labute approximate surface area is 145 Å². The molecule has 1 aliphatic rings. The van der Waals surface area contributed by atoms with E-state index in [-0.39, 0.29) is 18.4 Å². The van der Waals surface area contributed by atoms with Crippen LogP contribution in [0.15, 0.2) is 33.9 Å². The maximum atomic E-state index is 12.3. The summed E-state index contributed by atoms with van der Waals surface area (Å²) in [6.45, 7) is 5.67. The lowest BCUT2D eigenvalue weighted by molar-refractivity contribution is -0.117. The van der Waals surface area contributed by atoms with Gasteiger partial charge in [-0.3, -0.25) is 19.5 Å². The first kappa shape index (κ1) is 17.2. The van der Waals surface area contributed by atoms with Crippen molar-refractivity contribution >= 4 is 11.6 Å². The Morgan fingerprint density at radius 1 is 1.16 bits per heavy atom. The van der Waals surface area contributed by atoms with Gasteiger partial charge in [-0.1, -0.05) is 6.07 Å². The number of likely N-dealkylation sites (tertiary alicyclic amines) is 1. The fourth-order valence-electron chi connectivity index (χ4n) is 3.39. The van der Waals surface area contributed by atoms with Gasteiger partial charge in [0, 0.05) is 29.9 Å². The van der Waals surface area contributed by atoms with Crippen LogP contribution in [0.5, 0.6) is 0 Å². The standard InChI is InChI=1S/C18H22N4O3/c1-11-5-12(2)7-14(6-11)19-17(24)10-22-4-3-13(9-22)15-8-16(23)21-18(25)20-15/h5-8,13H,3-4,9-10H2,1-2H3,(H,19,24)(H2,20,21,23,25). The van der Waals surface area contributed by atoms with E-state index in [1.54, 1.807) is 0 Å². The van der Waals surface area contributed by atoms with E-state index in [0.717, 1.165) is 29.8 Å². The second-order valence-corrected chi connectivity index (χ2v) is 6.69. The minimum absolute atomic E-state index is 0.0593. The molecule has 2 aromatic rings. The van der Waals surface area contributed by atoms with Crippen LogP contribution in [0, 0.1) is 13.8 Å². The van der Waals surface area contributed by atoms with Crippen molar-refractivity contribution in [3.05, 3.63) is 61.9 Å². The van der Waals surface area contributed by atoms with Crippen molar-refractivity contribution in [1.29, 1.82) is 0 Å². The van der Waals surface area contributed by atoms with Crippen LogP contribution >= 0.6 is 0 Å². The third-order valence-electron chi connectivity index (χ3n) is 4.37. The summed E-state index contributed by atoms with van der Waals surface area (Å²) in [6.07, 6.45) is 0.802. The molecule has 2 heterocycles. The number of rotatable bonds is 4. The second-order valence-electron chi connectivity index (χ2n) is 6.69. The largest absolute Gasteiger partial charge is 0.325 e. The number of hydrogen-bond acceptors (Lipinski definition) is 4. The van der Waals surface area contributed by atoms with Crippen LogP contribution in [0.3, 0.4) is 0 Å². The fraction of sp³-hybridized carbons (Fsp3) is 0.389. The monoisotopic (exact) mass is 342 g/mol. The molecule has 1 saturated heterocycles. The van der Waals surface area contributed by atoms with Gasteiger partial charge in [0.25, 0.3) is 5.56 Å². The molecule has 1 aromatic carbocycles. The highest BCUT2D eigenvalue weighted by atomic mass is 16.2. The Kier molecular flexibility index (Phi) is 4.85. The zero-order valence-corrected chi connectivity index (χ0v) is 14.4. The molecule has 0 spiro atoms. The van der Waals surface area contributed by atoms with E-state index in [9.17, 15) is 14.4 Å². The number of H-pyrrole nitrogens is 2. The van der Waals surface area contributed by atoms with Crippen LogP contribution in [-0.2, 0) is 4.79 Å². The predicted octanol–water partition coefficient (Wildman–Crippen LogP) is 1.11. The summed E-state index contributed by atoms with van der Waals surface area (Å²) in [6, 6.07) is 7.37. The molecule has 0 radical (unpaired) electrons. The smallest absolute Gasteiger partial charge is 0.325 e. The zero-order chi connectivity index (χ0) is 18.0. The van der Waals surface area contributed by atoms with E-state index in [1.807, 2.05) is 30.9 Å². The van der Waals surface area contributed by atoms with Gasteiger partial charge in [-0.2, -0.15) is 0 Å². The number of carbonyl (C=O) groups is 1. The average Bonchev–Trinajstić information content (AvgIpc) is 2.93. The van der Waals surface area contributed by atoms with E-state index in [4.69, 9.17) is 0 Å². The first-order valence-electron chi connectivity index (χ1n) is 8.33. The van der Waals surface area contributed by atoms with Crippen LogP contribution in [0.1, 0.15) is 29.2 Å². The molecule has 132 valence electrons. The van der Waals surface area contributed by atoms with Gasteiger partial charge in [-0.25, -0.2) is 4.79 Å². The van der Waals surface area contributed by atoms with Crippen molar-refractivity contribution in [2.75, 3.05) is 25.0 Å². The van der Waals surface area contributed by atoms with Gasteiger partial charge in [0.2, 0.25) is 5.91 Å². The number of aromatic nitrogens is 2. The minimum atomic E-state index is -0.492. The lowest BCUT2D eigenvalue weighted by Gasteiger charge is -2.16. The quantitative estimate of drug-likeness (QED) is 0.775. The summed E-state index contributed by atoms with van der Waals surface area (Å²) in [4.78, 5) is 42.0. The van der Waals surface area contributed by atoms with Gasteiger partial charge in [0.05, 0.1) is 6.54 Å². The number of aryl methyl sites for hydroxylation is 2. The molecule has 0 saturated carbocycles. The van der Waals surface area contributed by atoms with E-state index >= 15 is 0 Å². The first-order valence-corrected chi connectivity index (χ1v) is 8.33. The van der Waals surface area contributed by atoms with Crippen LogP contribution in [0.25, 0.3) is 0 Å². The Bertz CT molecular complexity index is 851. The Morgan fingerprint density at radius 2 is 1.88 bits per heavy atom. The Hall–Kier alpha value is -2.67. The molecule has 7 heteroatoms. The molecule has 1 unspecified atom stereocenters. The molecule has 1 fully saturated rings. The van der Waals surface area contributed by atoms with Gasteiger partial charge in [0.15, 0.2) is 0 Å². The normalized spacial score (nSPS) is 17.6. The summed E-state index contributed by atoms with van der Waals surface area (Å²) in [5, 5.41) is 2.93. The molecule has 1 aliphatic heterocycles. The average molecular weight is 342 g/mol. The lowest BCUT2D eigenvalue weighted by atomic mass is 10.1. The van der Waals surface area contributed by atoms with Gasteiger partial charge in [0.1, 0.15) is 0 Å². The summed E-state index contributed by atoms with van der Waals surface area (Å²) >= 11 is 0. The summed E-state index contributed by atoms with van der Waals surface area (Å²) in [5.41, 5.74) is 2.76. The maximum absolute atomic E-state index is 12.3. The summed E-state index contributed by atoms with van der Waals surface area (Å²) in [5.74, 6) is -0.00549. The van der Waals surface area contributed by atoms with Crippen molar-refractivity contribution in [1.82, 2.24) is 14.9 Å². The predicted molar refractivity (Wildman–Crippen MR) is 96.0 cm³/mol. The van der Waals surface area contributed by atoms with Crippen molar-refractivity contribution in [2.24, 2.45) is 0 Å². The second kappa shape index (κ2) is 7.06. The number of amides is 1. The third-order valence-corrected chi connectivity index (χ3v) is 4.37. The molecule has 0 aliphatic carbocycles. The van der Waals surface area contributed by atoms with Gasteiger partial charge >= 0.3 is 5.69 Å². The Balaban J connectivity index is 1.60. The molecule has 3 rings (SSSR count). The van der Waals surface area contributed by atoms with E-state index < -0.39 is 11.2 Å². The number of aromatic amines is 2. The number of anilines is 1.